The highest BCUT2D eigenvalue weighted by Crippen LogP contribution is 2.34. The van der Waals surface area contributed by atoms with Gasteiger partial charge in [-0.2, -0.15) is 0 Å². The number of benzene rings is 1. The third-order valence-corrected chi connectivity index (χ3v) is 3.23. The molecule has 0 atom stereocenters. The van der Waals surface area contributed by atoms with Crippen LogP contribution in [0.3, 0.4) is 0 Å². The molecule has 0 amide bonds. The van der Waals surface area contributed by atoms with Crippen molar-refractivity contribution in [2.75, 3.05) is 0 Å². The lowest BCUT2D eigenvalue weighted by atomic mass is 10.2. The number of hydrogen-bond donors (Lipinski definition) is 1. The number of aromatic carboxylic acids is 1. The molecular formula is C13H9BrN2O5. The minimum absolute atomic E-state index is 0.0659. The predicted molar refractivity (Wildman–Crippen MR) is 76.8 cm³/mol. The molecule has 7 nitrogen and oxygen atoms in total. The summed E-state index contributed by atoms with van der Waals surface area (Å²) in [6, 6.07) is 5.44. The number of carbonyl (C=O) groups is 1. The van der Waals surface area contributed by atoms with Crippen LogP contribution in [0.15, 0.2) is 34.9 Å². The van der Waals surface area contributed by atoms with E-state index in [4.69, 9.17) is 9.84 Å². The number of aromatic nitrogens is 1. The third-order valence-electron chi connectivity index (χ3n) is 2.58. The van der Waals surface area contributed by atoms with Crippen molar-refractivity contribution in [1.82, 2.24) is 4.98 Å². The number of nitro benzene ring substituents is 1. The molecule has 1 heterocycles. The lowest BCUT2D eigenvalue weighted by molar-refractivity contribution is -0.384. The smallest absolute Gasteiger partial charge is 0.341 e. The fourth-order valence-electron chi connectivity index (χ4n) is 1.58. The van der Waals surface area contributed by atoms with Crippen molar-refractivity contribution >= 4 is 27.6 Å². The summed E-state index contributed by atoms with van der Waals surface area (Å²) in [6.45, 7) is 1.68. The Morgan fingerprint density at radius 1 is 1.38 bits per heavy atom. The van der Waals surface area contributed by atoms with E-state index in [2.05, 4.69) is 20.9 Å². The first kappa shape index (κ1) is 14.9. The van der Waals surface area contributed by atoms with Crippen LogP contribution in [0.2, 0.25) is 0 Å². The standard InChI is InChI=1S/C13H9BrN2O5/c1-7-4-11(9(6-15-7)13(17)18)21-12-5-8(16(19)20)2-3-10(12)14/h2-6H,1H3,(H,17,18). The lowest BCUT2D eigenvalue weighted by Crippen LogP contribution is -2.02. The van der Waals surface area contributed by atoms with Gasteiger partial charge in [0.05, 0.1) is 15.5 Å². The number of carboxylic acid groups (broad SMARTS) is 1. The summed E-state index contributed by atoms with van der Waals surface area (Å²) < 4.78 is 5.97. The van der Waals surface area contributed by atoms with E-state index in [9.17, 15) is 14.9 Å². The number of aryl methyl sites for hydroxylation is 1. The minimum Gasteiger partial charge on any atom is -0.477 e. The second-order valence-electron chi connectivity index (χ2n) is 4.10. The van der Waals surface area contributed by atoms with E-state index in [1.54, 1.807) is 6.92 Å². The maximum absolute atomic E-state index is 11.1. The van der Waals surface area contributed by atoms with Crippen LogP contribution in [0.1, 0.15) is 16.1 Å². The maximum Gasteiger partial charge on any atom is 0.341 e. The monoisotopic (exact) mass is 352 g/mol. The zero-order valence-corrected chi connectivity index (χ0v) is 12.3. The van der Waals surface area contributed by atoms with Crippen LogP contribution < -0.4 is 4.74 Å². The molecule has 1 N–H and O–H groups in total. The highest BCUT2D eigenvalue weighted by atomic mass is 79.9. The zero-order valence-electron chi connectivity index (χ0n) is 10.7. The van der Waals surface area contributed by atoms with Gasteiger partial charge in [-0.05, 0) is 28.9 Å². The SMILES string of the molecule is Cc1cc(Oc2cc([N+](=O)[O-])ccc2Br)c(C(=O)O)cn1. The molecule has 0 aliphatic rings. The predicted octanol–water partition coefficient (Wildman–Crippen LogP) is 3.55. The van der Waals surface area contributed by atoms with Crippen LogP contribution in [-0.2, 0) is 0 Å². The zero-order chi connectivity index (χ0) is 15.6. The van der Waals surface area contributed by atoms with Crippen molar-refractivity contribution in [1.29, 1.82) is 0 Å². The number of carboxylic acids is 1. The highest BCUT2D eigenvalue weighted by molar-refractivity contribution is 9.10. The molecular weight excluding hydrogens is 344 g/mol. The molecule has 1 aromatic carbocycles. The van der Waals surface area contributed by atoms with Gasteiger partial charge in [0, 0.05) is 24.0 Å². The Balaban J connectivity index is 2.47. The molecule has 108 valence electrons. The number of nitro groups is 1. The van der Waals surface area contributed by atoms with Crippen LogP contribution in [0, 0.1) is 17.0 Å². The molecule has 0 aliphatic heterocycles. The third kappa shape index (κ3) is 3.34. The summed E-state index contributed by atoms with van der Waals surface area (Å²) >= 11 is 3.21. The first-order chi connectivity index (χ1) is 9.88. The Labute approximate surface area is 127 Å². The molecule has 0 saturated heterocycles. The number of rotatable bonds is 4. The first-order valence-electron chi connectivity index (χ1n) is 5.70. The Hall–Kier alpha value is -2.48. The van der Waals surface area contributed by atoms with E-state index in [1.165, 1.54) is 30.5 Å². The Kier molecular flexibility index (Phi) is 4.18. The summed E-state index contributed by atoms with van der Waals surface area (Å²) in [5.74, 6) is -0.979. The van der Waals surface area contributed by atoms with E-state index in [1.807, 2.05) is 0 Å². The van der Waals surface area contributed by atoms with Gasteiger partial charge in [0.1, 0.15) is 17.1 Å². The summed E-state index contributed by atoms with van der Waals surface area (Å²) in [5, 5.41) is 19.9. The largest absolute Gasteiger partial charge is 0.477 e. The van der Waals surface area contributed by atoms with Crippen molar-refractivity contribution in [3.63, 3.8) is 0 Å². The second kappa shape index (κ2) is 5.88. The number of non-ortho nitro benzene ring substituents is 1. The molecule has 21 heavy (non-hydrogen) atoms. The fraction of sp³-hybridized carbons (Fsp3) is 0.0769. The van der Waals surface area contributed by atoms with E-state index in [-0.39, 0.29) is 22.7 Å². The number of pyridine rings is 1. The quantitative estimate of drug-likeness (QED) is 0.666. The van der Waals surface area contributed by atoms with E-state index < -0.39 is 10.9 Å². The molecule has 0 bridgehead atoms. The molecule has 0 aliphatic carbocycles. The fourth-order valence-corrected chi connectivity index (χ4v) is 1.91. The summed E-state index contributed by atoms with van der Waals surface area (Å²) in [4.78, 5) is 25.2. The summed E-state index contributed by atoms with van der Waals surface area (Å²) in [5.41, 5.74) is 0.284. The van der Waals surface area contributed by atoms with Crippen molar-refractivity contribution in [2.24, 2.45) is 0 Å². The van der Waals surface area contributed by atoms with Gasteiger partial charge < -0.3 is 9.84 Å². The molecule has 0 spiro atoms. The average molecular weight is 353 g/mol. The Morgan fingerprint density at radius 2 is 2.10 bits per heavy atom. The number of nitrogens with zero attached hydrogens (tertiary/aromatic N) is 2. The van der Waals surface area contributed by atoms with E-state index in [0.717, 1.165) is 0 Å². The first-order valence-corrected chi connectivity index (χ1v) is 6.49. The molecule has 2 aromatic rings. The van der Waals surface area contributed by atoms with E-state index >= 15 is 0 Å². The van der Waals surface area contributed by atoms with Crippen LogP contribution in [0.25, 0.3) is 0 Å². The average Bonchev–Trinajstić information content (AvgIpc) is 2.40. The van der Waals surface area contributed by atoms with Crippen LogP contribution >= 0.6 is 15.9 Å². The van der Waals surface area contributed by atoms with E-state index in [0.29, 0.717) is 10.2 Å². The topological polar surface area (TPSA) is 103 Å². The number of halogens is 1. The minimum atomic E-state index is -1.20. The maximum atomic E-state index is 11.1. The molecule has 8 heteroatoms. The van der Waals surface area contributed by atoms with Gasteiger partial charge in [0.25, 0.3) is 5.69 Å². The second-order valence-corrected chi connectivity index (χ2v) is 4.96. The van der Waals surface area contributed by atoms with Crippen molar-refractivity contribution in [3.8, 4) is 11.5 Å². The summed E-state index contributed by atoms with van der Waals surface area (Å²) in [6.07, 6.45) is 1.18. The van der Waals surface area contributed by atoms with Crippen molar-refractivity contribution < 1.29 is 19.6 Å². The van der Waals surface area contributed by atoms with Gasteiger partial charge in [-0.3, -0.25) is 15.1 Å². The molecule has 2 rings (SSSR count). The lowest BCUT2D eigenvalue weighted by Gasteiger charge is -2.10. The molecule has 0 fully saturated rings. The summed E-state index contributed by atoms with van der Waals surface area (Å²) in [7, 11) is 0. The van der Waals surface area contributed by atoms with Gasteiger partial charge in [0.2, 0.25) is 0 Å². The normalized spacial score (nSPS) is 10.2. The van der Waals surface area contributed by atoms with Crippen molar-refractivity contribution in [2.45, 2.75) is 6.92 Å². The van der Waals surface area contributed by atoms with Gasteiger partial charge in [0.15, 0.2) is 0 Å². The molecule has 0 unspecified atom stereocenters. The van der Waals surface area contributed by atoms with Gasteiger partial charge in [-0.25, -0.2) is 4.79 Å². The highest BCUT2D eigenvalue weighted by Gasteiger charge is 2.16. The van der Waals surface area contributed by atoms with Crippen LogP contribution in [0.4, 0.5) is 5.69 Å². The molecule has 0 radical (unpaired) electrons. The van der Waals surface area contributed by atoms with Gasteiger partial charge in [-0.15, -0.1) is 0 Å². The Morgan fingerprint density at radius 3 is 2.71 bits per heavy atom. The van der Waals surface area contributed by atoms with Crippen LogP contribution in [-0.4, -0.2) is 21.0 Å². The van der Waals surface area contributed by atoms with Crippen molar-refractivity contribution in [3.05, 3.63) is 56.3 Å². The number of ether oxygens (including phenoxy) is 1. The Bertz CT molecular complexity index is 732. The van der Waals surface area contributed by atoms with Gasteiger partial charge >= 0.3 is 5.97 Å². The van der Waals surface area contributed by atoms with Crippen LogP contribution in [0.5, 0.6) is 11.5 Å². The molecule has 1 aromatic heterocycles. The number of hydrogen-bond acceptors (Lipinski definition) is 5. The van der Waals surface area contributed by atoms with Gasteiger partial charge in [-0.1, -0.05) is 0 Å². The molecule has 0 saturated carbocycles.